The first-order valence-corrected chi connectivity index (χ1v) is 6.10. The van der Waals surface area contributed by atoms with Crippen molar-refractivity contribution in [3.63, 3.8) is 0 Å². The van der Waals surface area contributed by atoms with Crippen LogP contribution in [0.15, 0.2) is 36.7 Å². The van der Waals surface area contributed by atoms with Crippen molar-refractivity contribution in [2.45, 2.75) is 12.5 Å². The number of nitrogens with one attached hydrogen (secondary N) is 2. The Morgan fingerprint density at radius 1 is 1.32 bits per heavy atom. The highest BCUT2D eigenvalue weighted by molar-refractivity contribution is 5.94. The van der Waals surface area contributed by atoms with E-state index >= 15 is 0 Å². The molecule has 96 valence electrons. The van der Waals surface area contributed by atoms with Gasteiger partial charge in [-0.25, -0.2) is 4.98 Å². The van der Waals surface area contributed by atoms with E-state index in [1.165, 1.54) is 18.0 Å². The molecular weight excluding hydrogens is 242 g/mol. The summed E-state index contributed by atoms with van der Waals surface area (Å²) >= 11 is 0. The van der Waals surface area contributed by atoms with Crippen molar-refractivity contribution < 1.29 is 4.79 Å². The van der Waals surface area contributed by atoms with Crippen molar-refractivity contribution in [1.29, 1.82) is 0 Å². The molecule has 1 atom stereocenters. The van der Waals surface area contributed by atoms with E-state index in [0.717, 1.165) is 18.5 Å². The molecule has 19 heavy (non-hydrogen) atoms. The van der Waals surface area contributed by atoms with Crippen LogP contribution in [0, 0.1) is 0 Å². The summed E-state index contributed by atoms with van der Waals surface area (Å²) in [6.07, 6.45) is 3.89. The van der Waals surface area contributed by atoms with Crippen LogP contribution in [-0.4, -0.2) is 27.6 Å². The first-order valence-electron chi connectivity index (χ1n) is 6.10. The number of carbonyl (C=O) groups is 1. The molecule has 6 nitrogen and oxygen atoms in total. The fourth-order valence-electron chi connectivity index (χ4n) is 2.23. The van der Waals surface area contributed by atoms with Crippen molar-refractivity contribution >= 4 is 11.9 Å². The van der Waals surface area contributed by atoms with Crippen LogP contribution in [0.1, 0.15) is 17.2 Å². The largest absolute Gasteiger partial charge is 0.302 e. The van der Waals surface area contributed by atoms with Gasteiger partial charge in [-0.1, -0.05) is 24.3 Å². The average Bonchev–Trinajstić information content (AvgIpc) is 2.47. The molecule has 0 fully saturated rings. The van der Waals surface area contributed by atoms with Gasteiger partial charge in [-0.15, -0.1) is 5.10 Å². The van der Waals surface area contributed by atoms with Crippen molar-refractivity contribution in [3.05, 3.63) is 47.8 Å². The van der Waals surface area contributed by atoms with Crippen LogP contribution in [0.4, 0.5) is 5.95 Å². The number of anilines is 1. The number of aromatic nitrogens is 3. The predicted molar refractivity (Wildman–Crippen MR) is 69.3 cm³/mol. The van der Waals surface area contributed by atoms with Crippen LogP contribution in [0.25, 0.3) is 0 Å². The van der Waals surface area contributed by atoms with E-state index in [9.17, 15) is 4.79 Å². The molecule has 0 saturated heterocycles. The van der Waals surface area contributed by atoms with E-state index in [-0.39, 0.29) is 17.9 Å². The molecule has 1 aliphatic rings. The fraction of sp³-hybridized carbons (Fsp3) is 0.231. The van der Waals surface area contributed by atoms with E-state index in [0.29, 0.717) is 0 Å². The van der Waals surface area contributed by atoms with E-state index in [4.69, 9.17) is 0 Å². The molecular formula is C13H13N5O. The molecule has 1 unspecified atom stereocenters. The van der Waals surface area contributed by atoms with Crippen LogP contribution < -0.4 is 10.6 Å². The minimum absolute atomic E-state index is 0.167. The molecule has 1 amide bonds. The van der Waals surface area contributed by atoms with E-state index in [2.05, 4.69) is 31.9 Å². The lowest BCUT2D eigenvalue weighted by Crippen LogP contribution is -2.38. The van der Waals surface area contributed by atoms with Gasteiger partial charge in [-0.2, -0.15) is 5.10 Å². The van der Waals surface area contributed by atoms with Gasteiger partial charge < -0.3 is 5.32 Å². The van der Waals surface area contributed by atoms with Crippen LogP contribution in [0.3, 0.4) is 0 Å². The number of hydrogen-bond acceptors (Lipinski definition) is 5. The highest BCUT2D eigenvalue weighted by atomic mass is 16.2. The number of rotatable bonds is 2. The Labute approximate surface area is 110 Å². The SMILES string of the molecule is O=C(Nc1nccnn1)C1NCCc2ccccc21. The summed E-state index contributed by atoms with van der Waals surface area (Å²) < 4.78 is 0. The van der Waals surface area contributed by atoms with Gasteiger partial charge in [0.1, 0.15) is 6.04 Å². The maximum atomic E-state index is 12.2. The summed E-state index contributed by atoms with van der Waals surface area (Å²) in [7, 11) is 0. The maximum Gasteiger partial charge on any atom is 0.249 e. The number of nitrogens with zero attached hydrogens (tertiary/aromatic N) is 3. The maximum absolute atomic E-state index is 12.2. The Morgan fingerprint density at radius 2 is 2.21 bits per heavy atom. The zero-order chi connectivity index (χ0) is 13.1. The predicted octanol–water partition coefficient (Wildman–Crippen LogP) is 0.697. The minimum atomic E-state index is -0.367. The van der Waals surface area contributed by atoms with Gasteiger partial charge >= 0.3 is 0 Å². The quantitative estimate of drug-likeness (QED) is 0.825. The summed E-state index contributed by atoms with van der Waals surface area (Å²) in [5.74, 6) is 0.0532. The normalized spacial score (nSPS) is 17.6. The van der Waals surface area contributed by atoms with Gasteiger partial charge in [0.2, 0.25) is 11.9 Å². The third-order valence-corrected chi connectivity index (χ3v) is 3.09. The lowest BCUT2D eigenvalue weighted by molar-refractivity contribution is -0.118. The second kappa shape index (κ2) is 5.11. The highest BCUT2D eigenvalue weighted by Gasteiger charge is 2.26. The molecule has 0 aliphatic carbocycles. The molecule has 0 saturated carbocycles. The second-order valence-electron chi connectivity index (χ2n) is 4.29. The van der Waals surface area contributed by atoms with Crippen LogP contribution in [-0.2, 0) is 11.2 Å². The van der Waals surface area contributed by atoms with Gasteiger partial charge in [0.05, 0.1) is 12.4 Å². The van der Waals surface area contributed by atoms with E-state index in [1.54, 1.807) is 0 Å². The van der Waals surface area contributed by atoms with Crippen molar-refractivity contribution in [1.82, 2.24) is 20.5 Å². The lowest BCUT2D eigenvalue weighted by Gasteiger charge is -2.25. The monoisotopic (exact) mass is 255 g/mol. The van der Waals surface area contributed by atoms with Gasteiger partial charge in [0.15, 0.2) is 0 Å². The first-order chi connectivity index (χ1) is 9.34. The van der Waals surface area contributed by atoms with Crippen molar-refractivity contribution in [2.75, 3.05) is 11.9 Å². The summed E-state index contributed by atoms with van der Waals surface area (Å²) in [5, 5.41) is 13.3. The summed E-state index contributed by atoms with van der Waals surface area (Å²) in [6, 6.07) is 7.58. The van der Waals surface area contributed by atoms with Gasteiger partial charge in [0.25, 0.3) is 0 Å². The Balaban J connectivity index is 1.82. The highest BCUT2D eigenvalue weighted by Crippen LogP contribution is 2.23. The molecule has 1 aromatic heterocycles. The average molecular weight is 255 g/mol. The van der Waals surface area contributed by atoms with Crippen molar-refractivity contribution in [2.24, 2.45) is 0 Å². The Hall–Kier alpha value is -2.34. The second-order valence-corrected chi connectivity index (χ2v) is 4.29. The molecule has 0 spiro atoms. The third-order valence-electron chi connectivity index (χ3n) is 3.09. The van der Waals surface area contributed by atoms with Crippen molar-refractivity contribution in [3.8, 4) is 0 Å². The summed E-state index contributed by atoms with van der Waals surface area (Å²) in [6.45, 7) is 0.781. The topological polar surface area (TPSA) is 79.8 Å². The fourth-order valence-corrected chi connectivity index (χ4v) is 2.23. The zero-order valence-electron chi connectivity index (χ0n) is 10.2. The molecule has 0 bridgehead atoms. The van der Waals surface area contributed by atoms with Crippen LogP contribution >= 0.6 is 0 Å². The lowest BCUT2D eigenvalue weighted by atomic mass is 9.94. The number of carbonyl (C=O) groups excluding carboxylic acids is 1. The standard InChI is InChI=1S/C13H13N5O/c19-12(17-13-15-7-8-16-18-13)11-10-4-2-1-3-9(10)5-6-14-11/h1-4,7-8,11,14H,5-6H2,(H,15,17,18,19). The molecule has 3 rings (SSSR count). The molecule has 6 heteroatoms. The number of benzene rings is 1. The van der Waals surface area contributed by atoms with Gasteiger partial charge in [-0.05, 0) is 17.5 Å². The summed E-state index contributed by atoms with van der Waals surface area (Å²) in [4.78, 5) is 16.2. The Bertz CT molecular complexity index is 587. The Morgan fingerprint density at radius 3 is 3.05 bits per heavy atom. The molecule has 2 N–H and O–H groups in total. The summed E-state index contributed by atoms with van der Waals surface area (Å²) in [5.41, 5.74) is 2.21. The molecule has 2 heterocycles. The van der Waals surface area contributed by atoms with Crippen LogP contribution in [0.5, 0.6) is 0 Å². The van der Waals surface area contributed by atoms with E-state index < -0.39 is 0 Å². The van der Waals surface area contributed by atoms with Gasteiger partial charge in [0, 0.05) is 6.54 Å². The number of fused-ring (bicyclic) bond motifs is 1. The van der Waals surface area contributed by atoms with Gasteiger partial charge in [-0.3, -0.25) is 10.1 Å². The van der Waals surface area contributed by atoms with E-state index in [1.807, 2.05) is 18.2 Å². The molecule has 2 aromatic rings. The Kier molecular flexibility index (Phi) is 3.16. The molecule has 1 aromatic carbocycles. The third kappa shape index (κ3) is 2.43. The first kappa shape index (κ1) is 11.7. The molecule has 1 aliphatic heterocycles. The van der Waals surface area contributed by atoms with Crippen LogP contribution in [0.2, 0.25) is 0 Å². The number of amides is 1. The minimum Gasteiger partial charge on any atom is -0.302 e. The molecule has 0 radical (unpaired) electrons. The zero-order valence-corrected chi connectivity index (χ0v) is 10.2. The smallest absolute Gasteiger partial charge is 0.249 e. The number of hydrogen-bond donors (Lipinski definition) is 2.